The molecule has 0 saturated heterocycles. The number of nitrogens with zero attached hydrogens (tertiary/aromatic N) is 1. The van der Waals surface area contributed by atoms with E-state index in [1.807, 2.05) is 0 Å². The third-order valence-electron chi connectivity index (χ3n) is 1.88. The SMILES string of the molecule is CC(C)(CC[C@@H](N)C(=O)O)[N+](=O)[O-]. The molecule has 0 amide bonds. The summed E-state index contributed by atoms with van der Waals surface area (Å²) >= 11 is 0. The normalized spacial score (nSPS) is 13.8. The molecule has 0 bridgehead atoms. The van der Waals surface area contributed by atoms with Crippen molar-refractivity contribution >= 4 is 5.97 Å². The summed E-state index contributed by atoms with van der Waals surface area (Å²) in [5, 5.41) is 18.8. The molecule has 13 heavy (non-hydrogen) atoms. The average molecular weight is 190 g/mol. The Balaban J connectivity index is 4.02. The van der Waals surface area contributed by atoms with Crippen molar-refractivity contribution in [1.82, 2.24) is 0 Å². The third kappa shape index (κ3) is 3.84. The third-order valence-corrected chi connectivity index (χ3v) is 1.88. The van der Waals surface area contributed by atoms with Crippen molar-refractivity contribution in [2.75, 3.05) is 0 Å². The second-order valence-electron chi connectivity index (χ2n) is 3.55. The number of carboxylic acids is 1. The first-order valence-electron chi connectivity index (χ1n) is 3.90. The van der Waals surface area contributed by atoms with Gasteiger partial charge in [0.05, 0.1) is 0 Å². The summed E-state index contributed by atoms with van der Waals surface area (Å²) in [4.78, 5) is 20.3. The molecule has 3 N–H and O–H groups in total. The number of hydrogen-bond donors (Lipinski definition) is 2. The second-order valence-corrected chi connectivity index (χ2v) is 3.55. The molecular formula is C7H14N2O4. The molecule has 0 saturated carbocycles. The lowest BCUT2D eigenvalue weighted by molar-refractivity contribution is -0.561. The van der Waals surface area contributed by atoms with E-state index >= 15 is 0 Å². The van der Waals surface area contributed by atoms with Gasteiger partial charge in [-0.15, -0.1) is 0 Å². The Bertz CT molecular complexity index is 215. The highest BCUT2D eigenvalue weighted by molar-refractivity contribution is 5.72. The molecule has 0 heterocycles. The lowest BCUT2D eigenvalue weighted by Gasteiger charge is -2.16. The van der Waals surface area contributed by atoms with Crippen LogP contribution in [-0.2, 0) is 4.79 Å². The predicted molar refractivity (Wildman–Crippen MR) is 45.9 cm³/mol. The van der Waals surface area contributed by atoms with Crippen LogP contribution in [-0.4, -0.2) is 27.6 Å². The van der Waals surface area contributed by atoms with Gasteiger partial charge in [-0.25, -0.2) is 0 Å². The van der Waals surface area contributed by atoms with Crippen LogP contribution in [0.3, 0.4) is 0 Å². The molecule has 0 unspecified atom stereocenters. The minimum absolute atomic E-state index is 0.114. The highest BCUT2D eigenvalue weighted by Crippen LogP contribution is 2.16. The molecule has 1 atom stereocenters. The van der Waals surface area contributed by atoms with Gasteiger partial charge in [-0.3, -0.25) is 14.9 Å². The summed E-state index contributed by atoms with van der Waals surface area (Å²) in [5.74, 6) is -1.13. The van der Waals surface area contributed by atoms with E-state index in [2.05, 4.69) is 0 Å². The Morgan fingerprint density at radius 2 is 2.15 bits per heavy atom. The molecule has 0 aliphatic carbocycles. The Morgan fingerprint density at radius 1 is 1.69 bits per heavy atom. The number of carbonyl (C=O) groups is 1. The molecule has 0 aliphatic rings. The van der Waals surface area contributed by atoms with Crippen molar-refractivity contribution in [3.05, 3.63) is 10.1 Å². The van der Waals surface area contributed by atoms with Crippen molar-refractivity contribution in [3.8, 4) is 0 Å². The van der Waals surface area contributed by atoms with Crippen molar-refractivity contribution in [3.63, 3.8) is 0 Å². The number of aliphatic carboxylic acids is 1. The van der Waals surface area contributed by atoms with Crippen molar-refractivity contribution in [1.29, 1.82) is 0 Å². The van der Waals surface area contributed by atoms with E-state index in [4.69, 9.17) is 10.8 Å². The molecule has 76 valence electrons. The van der Waals surface area contributed by atoms with Crippen LogP contribution in [0.5, 0.6) is 0 Å². The fourth-order valence-electron chi connectivity index (χ4n) is 0.723. The molecule has 0 aromatic carbocycles. The molecule has 0 aromatic rings. The van der Waals surface area contributed by atoms with Crippen LogP contribution < -0.4 is 5.73 Å². The molecule has 0 spiro atoms. The molecule has 6 heteroatoms. The summed E-state index contributed by atoms with van der Waals surface area (Å²) < 4.78 is 0. The van der Waals surface area contributed by atoms with Gasteiger partial charge in [0.15, 0.2) is 0 Å². The van der Waals surface area contributed by atoms with Crippen molar-refractivity contribution in [2.45, 2.75) is 38.3 Å². The second kappa shape index (κ2) is 4.18. The zero-order valence-corrected chi connectivity index (χ0v) is 7.69. The van der Waals surface area contributed by atoms with E-state index in [1.165, 1.54) is 13.8 Å². The largest absolute Gasteiger partial charge is 0.480 e. The highest BCUT2D eigenvalue weighted by atomic mass is 16.6. The molecule has 0 radical (unpaired) electrons. The zero-order valence-electron chi connectivity index (χ0n) is 7.69. The summed E-state index contributed by atoms with van der Waals surface area (Å²) in [6, 6.07) is -1.01. The van der Waals surface area contributed by atoms with Gasteiger partial charge in [-0.05, 0) is 6.42 Å². The van der Waals surface area contributed by atoms with Gasteiger partial charge in [-0.1, -0.05) is 0 Å². The van der Waals surface area contributed by atoms with E-state index in [1.54, 1.807) is 0 Å². The maximum atomic E-state index is 10.4. The molecule has 6 nitrogen and oxygen atoms in total. The Hall–Kier alpha value is -1.17. The number of rotatable bonds is 5. The number of nitro groups is 1. The van der Waals surface area contributed by atoms with Gasteiger partial charge >= 0.3 is 5.97 Å². The van der Waals surface area contributed by atoms with E-state index in [-0.39, 0.29) is 12.8 Å². The zero-order chi connectivity index (χ0) is 10.6. The lowest BCUT2D eigenvalue weighted by Crippen LogP contribution is -2.36. The van der Waals surface area contributed by atoms with E-state index in [0.717, 1.165) is 0 Å². The van der Waals surface area contributed by atoms with Gasteiger partial charge in [0, 0.05) is 25.2 Å². The van der Waals surface area contributed by atoms with Crippen molar-refractivity contribution < 1.29 is 14.8 Å². The number of carboxylic acid groups (broad SMARTS) is 1. The predicted octanol–water partition coefficient (Wildman–Crippen LogP) is 0.234. The van der Waals surface area contributed by atoms with Gasteiger partial charge in [-0.2, -0.15) is 0 Å². The summed E-state index contributed by atoms with van der Waals surface area (Å²) in [6.45, 7) is 2.89. The topological polar surface area (TPSA) is 106 Å². The van der Waals surface area contributed by atoms with Crippen molar-refractivity contribution in [2.24, 2.45) is 5.73 Å². The Labute approximate surface area is 75.9 Å². The molecule has 0 rings (SSSR count). The van der Waals surface area contributed by atoms with Crippen LogP contribution in [0.15, 0.2) is 0 Å². The first-order chi connectivity index (χ1) is 5.77. The van der Waals surface area contributed by atoms with Crippen LogP contribution in [0.2, 0.25) is 0 Å². The number of nitrogens with two attached hydrogens (primary N) is 1. The van der Waals surface area contributed by atoms with Crippen LogP contribution in [0.4, 0.5) is 0 Å². The maximum Gasteiger partial charge on any atom is 0.320 e. The number of hydrogen-bond acceptors (Lipinski definition) is 4. The molecule has 0 fully saturated rings. The minimum atomic E-state index is -1.13. The van der Waals surface area contributed by atoms with Gasteiger partial charge in [0.2, 0.25) is 5.54 Å². The van der Waals surface area contributed by atoms with E-state index in [9.17, 15) is 14.9 Å². The summed E-state index contributed by atoms with van der Waals surface area (Å²) in [5.41, 5.74) is 4.10. The molecular weight excluding hydrogens is 176 g/mol. The van der Waals surface area contributed by atoms with E-state index in [0.29, 0.717) is 0 Å². The molecule has 0 aromatic heterocycles. The Morgan fingerprint density at radius 3 is 2.46 bits per heavy atom. The van der Waals surface area contributed by atoms with Crippen LogP contribution >= 0.6 is 0 Å². The van der Waals surface area contributed by atoms with Crippen LogP contribution in [0.25, 0.3) is 0 Å². The quantitative estimate of drug-likeness (QED) is 0.476. The van der Waals surface area contributed by atoms with Gasteiger partial charge in [0.25, 0.3) is 0 Å². The molecule has 0 aliphatic heterocycles. The average Bonchev–Trinajstić information content (AvgIpc) is 1.99. The summed E-state index contributed by atoms with van der Waals surface area (Å²) in [7, 11) is 0. The first kappa shape index (κ1) is 11.8. The van der Waals surface area contributed by atoms with E-state index < -0.39 is 22.5 Å². The van der Waals surface area contributed by atoms with Gasteiger partial charge < -0.3 is 10.8 Å². The smallest absolute Gasteiger partial charge is 0.320 e. The van der Waals surface area contributed by atoms with Crippen LogP contribution in [0, 0.1) is 10.1 Å². The highest BCUT2D eigenvalue weighted by Gasteiger charge is 2.31. The van der Waals surface area contributed by atoms with Crippen LogP contribution in [0.1, 0.15) is 26.7 Å². The standard InChI is InChI=1S/C7H14N2O4/c1-7(2,9(12)13)4-3-5(8)6(10)11/h5H,3-4,8H2,1-2H3,(H,10,11)/t5-/m1/s1. The summed E-state index contributed by atoms with van der Waals surface area (Å²) in [6.07, 6.45) is 0.275. The Kier molecular flexibility index (Phi) is 3.80. The first-order valence-corrected chi connectivity index (χ1v) is 3.90. The fraction of sp³-hybridized carbons (Fsp3) is 0.857. The maximum absolute atomic E-state index is 10.4. The lowest BCUT2D eigenvalue weighted by atomic mass is 9.97. The fourth-order valence-corrected chi connectivity index (χ4v) is 0.723. The van der Waals surface area contributed by atoms with Gasteiger partial charge in [0.1, 0.15) is 6.04 Å². The minimum Gasteiger partial charge on any atom is -0.480 e. The monoisotopic (exact) mass is 190 g/mol.